The highest BCUT2D eigenvalue weighted by Crippen LogP contribution is 1.84. The Kier molecular flexibility index (Phi) is 4.94. The van der Waals surface area contributed by atoms with Gasteiger partial charge in [-0.05, 0) is 0 Å². The van der Waals surface area contributed by atoms with Crippen molar-refractivity contribution in [2.24, 2.45) is 0 Å². The number of hydrogen-bond acceptors (Lipinski definition) is 3. The van der Waals surface area contributed by atoms with E-state index in [1.54, 1.807) is 0 Å². The number of nitrogens with zero attached hydrogens (tertiary/aromatic N) is 1. The van der Waals surface area contributed by atoms with Crippen LogP contribution in [-0.4, -0.2) is 18.5 Å². The Morgan fingerprint density at radius 1 is 1.78 bits per heavy atom. The largest absolute Gasteiger partial charge is 0.464 e. The molecule has 0 aromatic carbocycles. The Bertz CT molecular complexity index is 129. The first-order chi connectivity index (χ1) is 4.31. The summed E-state index contributed by atoms with van der Waals surface area (Å²) in [5.41, 5.74) is 0. The lowest BCUT2D eigenvalue weighted by atomic mass is 10.5. The second-order valence-corrected chi connectivity index (χ2v) is 1.53. The van der Waals surface area contributed by atoms with Crippen molar-refractivity contribution < 1.29 is 9.53 Å². The number of rotatable bonds is 3. The molecule has 0 heterocycles. The van der Waals surface area contributed by atoms with Crippen LogP contribution < -0.4 is 0 Å². The standard InChI is InChI=1S/C5H6ClNO2/c6-4-5(8)9-3-1-2-7/h1,3-4H2. The molecular formula is C5H6ClNO2. The van der Waals surface area contributed by atoms with Crippen LogP contribution in [0.5, 0.6) is 0 Å². The molecule has 0 radical (unpaired) electrons. The molecule has 0 aliphatic carbocycles. The van der Waals surface area contributed by atoms with Gasteiger partial charge in [-0.25, -0.2) is 0 Å². The summed E-state index contributed by atoms with van der Waals surface area (Å²) in [5.74, 6) is -0.627. The minimum absolute atomic E-state index is 0.141. The molecule has 0 saturated heterocycles. The summed E-state index contributed by atoms with van der Waals surface area (Å²) in [4.78, 5) is 10.2. The minimum atomic E-state index is -0.480. The number of carbonyl (C=O) groups excluding carboxylic acids is 1. The third-order valence-corrected chi connectivity index (χ3v) is 0.804. The Labute approximate surface area is 58.2 Å². The number of hydrogen-bond donors (Lipinski definition) is 0. The summed E-state index contributed by atoms with van der Waals surface area (Å²) < 4.78 is 4.44. The lowest BCUT2D eigenvalue weighted by Crippen LogP contribution is -2.05. The Morgan fingerprint density at radius 2 is 2.44 bits per heavy atom. The van der Waals surface area contributed by atoms with Crippen molar-refractivity contribution in [2.75, 3.05) is 12.5 Å². The molecule has 0 spiro atoms. The zero-order valence-corrected chi connectivity index (χ0v) is 5.52. The first-order valence-electron chi connectivity index (χ1n) is 2.39. The van der Waals surface area contributed by atoms with Gasteiger partial charge in [0.05, 0.1) is 12.5 Å². The molecule has 0 fully saturated rings. The maximum absolute atomic E-state index is 10.2. The zero-order chi connectivity index (χ0) is 7.11. The molecule has 0 aromatic heterocycles. The van der Waals surface area contributed by atoms with Crippen molar-refractivity contribution in [3.05, 3.63) is 0 Å². The minimum Gasteiger partial charge on any atom is -0.464 e. The van der Waals surface area contributed by atoms with Crippen LogP contribution in [0.1, 0.15) is 6.42 Å². The van der Waals surface area contributed by atoms with Gasteiger partial charge < -0.3 is 4.74 Å². The monoisotopic (exact) mass is 147 g/mol. The molecule has 0 saturated carbocycles. The molecule has 0 amide bonds. The highest BCUT2D eigenvalue weighted by atomic mass is 35.5. The van der Waals surface area contributed by atoms with E-state index in [2.05, 4.69) is 4.74 Å². The van der Waals surface area contributed by atoms with Gasteiger partial charge in [-0.2, -0.15) is 5.26 Å². The smallest absolute Gasteiger partial charge is 0.320 e. The van der Waals surface area contributed by atoms with Gasteiger partial charge in [0.25, 0.3) is 0 Å². The van der Waals surface area contributed by atoms with Crippen LogP contribution in [0, 0.1) is 11.3 Å². The predicted octanol–water partition coefficient (Wildman–Crippen LogP) is 0.682. The first-order valence-corrected chi connectivity index (χ1v) is 2.93. The van der Waals surface area contributed by atoms with Crippen LogP contribution in [0.3, 0.4) is 0 Å². The van der Waals surface area contributed by atoms with Crippen molar-refractivity contribution in [2.45, 2.75) is 6.42 Å². The summed E-state index contributed by atoms with van der Waals surface area (Å²) in [7, 11) is 0. The molecule has 9 heavy (non-hydrogen) atoms. The highest BCUT2D eigenvalue weighted by molar-refractivity contribution is 6.26. The molecule has 0 unspecified atom stereocenters. The molecule has 3 nitrogen and oxygen atoms in total. The second kappa shape index (κ2) is 5.39. The summed E-state index contributed by atoms with van der Waals surface area (Å²) in [6, 6.07) is 1.83. The van der Waals surface area contributed by atoms with E-state index in [-0.39, 0.29) is 18.9 Å². The second-order valence-electron chi connectivity index (χ2n) is 1.26. The van der Waals surface area contributed by atoms with Crippen LogP contribution in [0.2, 0.25) is 0 Å². The van der Waals surface area contributed by atoms with Crippen LogP contribution in [-0.2, 0) is 9.53 Å². The fourth-order valence-corrected chi connectivity index (χ4v) is 0.326. The third kappa shape index (κ3) is 5.12. The Hall–Kier alpha value is -0.750. The average Bonchev–Trinajstić information content (AvgIpc) is 1.89. The topological polar surface area (TPSA) is 50.1 Å². The van der Waals surface area contributed by atoms with Gasteiger partial charge in [0, 0.05) is 0 Å². The van der Waals surface area contributed by atoms with E-state index < -0.39 is 5.97 Å². The fraction of sp³-hybridized carbons (Fsp3) is 0.600. The van der Waals surface area contributed by atoms with Crippen molar-refractivity contribution in [3.63, 3.8) is 0 Å². The van der Waals surface area contributed by atoms with E-state index in [9.17, 15) is 4.79 Å². The average molecular weight is 148 g/mol. The Balaban J connectivity index is 3.09. The van der Waals surface area contributed by atoms with Crippen LogP contribution in [0.25, 0.3) is 0 Å². The predicted molar refractivity (Wildman–Crippen MR) is 31.9 cm³/mol. The van der Waals surface area contributed by atoms with E-state index in [0.29, 0.717) is 0 Å². The van der Waals surface area contributed by atoms with Gasteiger partial charge in [-0.1, -0.05) is 0 Å². The van der Waals surface area contributed by atoms with E-state index in [1.807, 2.05) is 6.07 Å². The third-order valence-electron chi connectivity index (χ3n) is 0.586. The molecule has 0 rings (SSSR count). The quantitative estimate of drug-likeness (QED) is 0.335. The molecule has 0 N–H and O–H groups in total. The number of esters is 1. The molecule has 0 atom stereocenters. The number of ether oxygens (including phenoxy) is 1. The van der Waals surface area contributed by atoms with E-state index in [4.69, 9.17) is 16.9 Å². The summed E-state index contributed by atoms with van der Waals surface area (Å²) in [5, 5.41) is 7.98. The van der Waals surface area contributed by atoms with Gasteiger partial charge in [0.1, 0.15) is 12.5 Å². The normalized spacial score (nSPS) is 8.00. The number of nitriles is 1. The Morgan fingerprint density at radius 3 is 2.89 bits per heavy atom. The molecule has 0 bridgehead atoms. The maximum Gasteiger partial charge on any atom is 0.320 e. The van der Waals surface area contributed by atoms with Crippen molar-refractivity contribution in [1.82, 2.24) is 0 Å². The molecular weight excluding hydrogens is 142 g/mol. The maximum atomic E-state index is 10.2. The lowest BCUT2D eigenvalue weighted by molar-refractivity contribution is -0.140. The van der Waals surface area contributed by atoms with Gasteiger partial charge >= 0.3 is 5.97 Å². The summed E-state index contributed by atoms with van der Waals surface area (Å²) in [6.07, 6.45) is 0.225. The van der Waals surface area contributed by atoms with Crippen LogP contribution in [0.15, 0.2) is 0 Å². The van der Waals surface area contributed by atoms with Crippen molar-refractivity contribution in [1.29, 1.82) is 5.26 Å². The van der Waals surface area contributed by atoms with Gasteiger partial charge in [-0.15, -0.1) is 11.6 Å². The van der Waals surface area contributed by atoms with E-state index >= 15 is 0 Å². The summed E-state index contributed by atoms with van der Waals surface area (Å²) >= 11 is 5.07. The highest BCUT2D eigenvalue weighted by Gasteiger charge is 1.96. The van der Waals surface area contributed by atoms with Crippen molar-refractivity contribution in [3.8, 4) is 6.07 Å². The van der Waals surface area contributed by atoms with Gasteiger partial charge in [0.2, 0.25) is 0 Å². The van der Waals surface area contributed by atoms with E-state index in [1.165, 1.54) is 0 Å². The first kappa shape index (κ1) is 8.25. The van der Waals surface area contributed by atoms with Crippen LogP contribution >= 0.6 is 11.6 Å². The summed E-state index contributed by atoms with van der Waals surface area (Å²) in [6.45, 7) is 0.141. The van der Waals surface area contributed by atoms with Gasteiger partial charge in [0.15, 0.2) is 0 Å². The molecule has 4 heteroatoms. The zero-order valence-electron chi connectivity index (χ0n) is 4.76. The van der Waals surface area contributed by atoms with Crippen molar-refractivity contribution >= 4 is 17.6 Å². The molecule has 0 aliphatic rings. The number of halogens is 1. The van der Waals surface area contributed by atoms with Crippen LogP contribution in [0.4, 0.5) is 0 Å². The number of alkyl halides is 1. The fourth-order valence-electron chi connectivity index (χ4n) is 0.249. The van der Waals surface area contributed by atoms with Gasteiger partial charge in [-0.3, -0.25) is 4.79 Å². The SMILES string of the molecule is N#CCCOC(=O)CCl. The molecule has 50 valence electrons. The molecule has 0 aromatic rings. The molecule has 0 aliphatic heterocycles. The number of carbonyl (C=O) groups is 1. The van der Waals surface area contributed by atoms with E-state index in [0.717, 1.165) is 0 Å². The lowest BCUT2D eigenvalue weighted by Gasteiger charge is -1.95.